The van der Waals surface area contributed by atoms with Crippen molar-refractivity contribution in [2.75, 3.05) is 24.0 Å². The van der Waals surface area contributed by atoms with Crippen LogP contribution in [0.3, 0.4) is 0 Å². The number of amides is 3. The van der Waals surface area contributed by atoms with Crippen LogP contribution in [0.4, 0.5) is 4.79 Å². The molecule has 1 heterocycles. The molecule has 0 bridgehead atoms. The molecule has 3 amide bonds. The molecule has 1 saturated heterocycles. The minimum Gasteiger partial charge on any atom is 1.00 e. The number of carbonyl (C=O) groups is 3. The summed E-state index contributed by atoms with van der Waals surface area (Å²) < 4.78 is 0. The molecule has 0 aliphatic carbocycles. The summed E-state index contributed by atoms with van der Waals surface area (Å²) in [5, 5.41) is 14.7. The first kappa shape index (κ1) is 31.6. The summed E-state index contributed by atoms with van der Waals surface area (Å²) in [6.45, 7) is 0. The van der Waals surface area contributed by atoms with E-state index in [4.69, 9.17) is 5.73 Å². The first-order valence-corrected chi connectivity index (χ1v) is 21.6. The number of carboxylic acid groups (broad SMARTS) is 1. The molecule has 0 radical (unpaired) electrons. The molecule has 0 aromatic rings. The molecule has 7 nitrogen and oxygen atoms in total. The minimum absolute atomic E-state index is 0. The molecule has 4 N–H and O–H groups in total. The van der Waals surface area contributed by atoms with Crippen molar-refractivity contribution in [2.24, 2.45) is 5.73 Å². The van der Waals surface area contributed by atoms with Crippen molar-refractivity contribution in [1.29, 1.82) is 0 Å². The first-order chi connectivity index (χ1) is 10.8. The molecule has 2 unspecified atom stereocenters. The van der Waals surface area contributed by atoms with Gasteiger partial charge in [0.15, 0.2) is 0 Å². The van der Waals surface area contributed by atoms with Crippen molar-refractivity contribution in [3.63, 3.8) is 0 Å². The maximum absolute atomic E-state index is 10.9. The first-order valence-electron chi connectivity index (χ1n) is 6.26. The quantitative estimate of drug-likeness (QED) is 0.135. The zero-order chi connectivity index (χ0) is 18.3. The van der Waals surface area contributed by atoms with E-state index in [2.05, 4.69) is 47.9 Å². The smallest absolute Gasteiger partial charge is 1.00 e. The van der Waals surface area contributed by atoms with Crippen LogP contribution in [0.15, 0.2) is 0 Å². The van der Waals surface area contributed by atoms with Crippen LogP contribution in [0.2, 0.25) is 0 Å². The van der Waals surface area contributed by atoms with E-state index >= 15 is 0 Å². The van der Waals surface area contributed by atoms with E-state index in [0.717, 1.165) is 11.5 Å². The SMILES string of the molecule is CSCCC(N)C(=O)[O-].CSCCC1NC(=O)NC1=O.I[I-]I.[K+]. The number of thioether (sulfide) groups is 2. The molecule has 13 heteroatoms. The number of imide groups is 1. The standard InChI is InChI=1S/C6H10N2O2S.C5H11NO2S.I3.K/c1-11-3-2-4-5(9)8-6(10)7-4;1-9-3-2-4(6)5(7)8;1-3-2;/h4H,2-3H2,1H3,(H2,7,8,9,10);4H,2-3,6H2,1H3,(H,7,8);;/q;;-1;+1/p-1. The second kappa shape index (κ2) is 22.2. The maximum Gasteiger partial charge on any atom is 1.00 e. The van der Waals surface area contributed by atoms with E-state index in [9.17, 15) is 19.5 Å². The Hall–Kier alpha value is 2.90. The van der Waals surface area contributed by atoms with E-state index in [1.807, 2.05) is 12.5 Å². The molecule has 2 atom stereocenters. The van der Waals surface area contributed by atoms with Crippen LogP contribution in [0.1, 0.15) is 12.8 Å². The number of aliphatic carboxylic acids is 1. The fourth-order valence-corrected chi connectivity index (χ4v) is 2.22. The van der Waals surface area contributed by atoms with E-state index < -0.39 is 12.0 Å². The molecule has 0 spiro atoms. The zero-order valence-electron chi connectivity index (χ0n) is 13.6. The summed E-state index contributed by atoms with van der Waals surface area (Å²) >= 11 is 8.54. The largest absolute Gasteiger partial charge is 1.00 e. The van der Waals surface area contributed by atoms with Crippen LogP contribution < -0.4 is 86.1 Å². The number of carbonyl (C=O) groups excluding carboxylic acids is 3. The average molecular weight is 742 g/mol. The van der Waals surface area contributed by atoms with Gasteiger partial charge in [-0.1, -0.05) is 0 Å². The second-order valence-electron chi connectivity index (χ2n) is 4.06. The van der Waals surface area contributed by atoms with Gasteiger partial charge in [-0.05, 0) is 36.9 Å². The number of rotatable bonds is 7. The Labute approximate surface area is 223 Å². The van der Waals surface area contributed by atoms with Gasteiger partial charge >= 0.3 is 108 Å². The third-order valence-corrected chi connectivity index (χ3v) is 3.69. The van der Waals surface area contributed by atoms with Crippen molar-refractivity contribution < 1.29 is 84.1 Å². The van der Waals surface area contributed by atoms with Gasteiger partial charge in [-0.2, -0.15) is 23.5 Å². The van der Waals surface area contributed by atoms with E-state index in [0.29, 0.717) is 26.1 Å². The molecule has 1 aliphatic heterocycles. The van der Waals surface area contributed by atoms with Gasteiger partial charge in [-0.25, -0.2) is 4.79 Å². The summed E-state index contributed by atoms with van der Waals surface area (Å²) in [5.41, 5.74) is 5.13. The molecule has 1 rings (SSSR count). The Morgan fingerprint density at radius 3 is 2.17 bits per heavy atom. The van der Waals surface area contributed by atoms with Crippen molar-refractivity contribution >= 4 is 78.7 Å². The molecule has 24 heavy (non-hydrogen) atoms. The Morgan fingerprint density at radius 2 is 1.83 bits per heavy atom. The normalized spacial score (nSPS) is 16.5. The third-order valence-electron chi connectivity index (χ3n) is 2.40. The summed E-state index contributed by atoms with van der Waals surface area (Å²) in [4.78, 5) is 31.4. The van der Waals surface area contributed by atoms with Crippen molar-refractivity contribution in [1.82, 2.24) is 10.6 Å². The molecule has 1 fully saturated rings. The second-order valence-corrected chi connectivity index (χ2v) is 22.3. The maximum atomic E-state index is 10.9. The Balaban J connectivity index is -0.000000310. The Kier molecular flexibility index (Phi) is 29.2. The minimum atomic E-state index is -1.16. The summed E-state index contributed by atoms with van der Waals surface area (Å²) in [6.07, 6.45) is 5.07. The van der Waals surface area contributed by atoms with Gasteiger partial charge in [-0.15, -0.1) is 0 Å². The molecular weight excluding hydrogens is 722 g/mol. The molecule has 0 aromatic carbocycles. The van der Waals surface area contributed by atoms with E-state index in [1.54, 1.807) is 23.5 Å². The number of urea groups is 1. The average Bonchev–Trinajstić information content (AvgIpc) is 2.81. The summed E-state index contributed by atoms with van der Waals surface area (Å²) in [7, 11) is 0. The number of hydrogen-bond acceptors (Lipinski definition) is 7. The van der Waals surface area contributed by atoms with Crippen LogP contribution in [0, 0.1) is 0 Å². The van der Waals surface area contributed by atoms with Crippen LogP contribution in [-0.2, 0) is 9.59 Å². The molecule has 1 aliphatic rings. The number of hydrogen-bond donors (Lipinski definition) is 3. The van der Waals surface area contributed by atoms with Crippen LogP contribution in [-0.4, -0.2) is 54.0 Å². The van der Waals surface area contributed by atoms with Gasteiger partial charge in [0.05, 0.1) is 5.97 Å². The predicted molar refractivity (Wildman–Crippen MR) is 107 cm³/mol. The van der Waals surface area contributed by atoms with Crippen molar-refractivity contribution in [2.45, 2.75) is 24.9 Å². The fourth-order valence-electron chi connectivity index (χ4n) is 1.26. The van der Waals surface area contributed by atoms with Crippen molar-refractivity contribution in [3.05, 3.63) is 0 Å². The Bertz CT molecular complexity index is 373. The number of nitrogens with two attached hydrogens (primary N) is 1. The molecular formula is C11H20I3KN3O4S2-. The molecule has 0 aromatic heterocycles. The van der Waals surface area contributed by atoms with Crippen molar-refractivity contribution in [3.8, 4) is 0 Å². The topological polar surface area (TPSA) is 124 Å². The summed E-state index contributed by atoms with van der Waals surface area (Å²) in [5.74, 6) is 0.293. The zero-order valence-corrected chi connectivity index (χ0v) is 24.9. The van der Waals surface area contributed by atoms with E-state index in [-0.39, 0.29) is 69.4 Å². The van der Waals surface area contributed by atoms with Gasteiger partial charge in [0, 0.05) is 6.04 Å². The number of halogens is 3. The van der Waals surface area contributed by atoms with E-state index in [1.165, 1.54) is 0 Å². The van der Waals surface area contributed by atoms with Gasteiger partial charge in [0.25, 0.3) is 5.91 Å². The van der Waals surface area contributed by atoms with Crippen LogP contribution in [0.25, 0.3) is 0 Å². The number of carboxylic acids is 1. The number of nitrogens with one attached hydrogen (secondary N) is 2. The molecule has 138 valence electrons. The van der Waals surface area contributed by atoms with Gasteiger partial charge in [-0.3, -0.25) is 10.1 Å². The van der Waals surface area contributed by atoms with Gasteiger partial charge < -0.3 is 21.0 Å². The Morgan fingerprint density at radius 1 is 1.33 bits per heavy atom. The van der Waals surface area contributed by atoms with Gasteiger partial charge in [0.2, 0.25) is 0 Å². The third kappa shape index (κ3) is 19.7. The van der Waals surface area contributed by atoms with Crippen LogP contribution in [0.5, 0.6) is 0 Å². The summed E-state index contributed by atoms with van der Waals surface area (Å²) in [6, 6.07) is -1.48. The van der Waals surface area contributed by atoms with Gasteiger partial charge in [0.1, 0.15) is 6.04 Å². The predicted octanol–water partition coefficient (Wildman–Crippen LogP) is -5.46. The molecule has 0 saturated carbocycles. The van der Waals surface area contributed by atoms with Crippen LogP contribution >= 0.6 is 60.8 Å². The fraction of sp³-hybridized carbons (Fsp3) is 0.727. The monoisotopic (exact) mass is 742 g/mol.